The van der Waals surface area contributed by atoms with Gasteiger partial charge in [-0.3, -0.25) is 0 Å². The number of rotatable bonds is 8. The topological polar surface area (TPSA) is 73.0 Å². The van der Waals surface area contributed by atoms with E-state index in [4.69, 9.17) is 0 Å². The maximum atomic E-state index is 13.9. The number of nitrogens with zero attached hydrogens (tertiary/aromatic N) is 3. The first kappa shape index (κ1) is 23.9. The van der Waals surface area contributed by atoms with Crippen molar-refractivity contribution in [2.75, 3.05) is 50.7 Å². The van der Waals surface area contributed by atoms with Crippen molar-refractivity contribution < 1.29 is 22.0 Å². The fraction of sp³-hybridized carbons (Fsp3) is 0.409. The normalized spacial score (nSPS) is 14.9. The number of anilines is 1. The number of piperazine rings is 1. The van der Waals surface area contributed by atoms with E-state index in [1.54, 1.807) is 0 Å². The van der Waals surface area contributed by atoms with Gasteiger partial charge in [-0.15, -0.1) is 0 Å². The Bertz CT molecular complexity index is 1010. The van der Waals surface area contributed by atoms with E-state index in [-0.39, 0.29) is 32.2 Å². The molecule has 1 saturated heterocycles. The van der Waals surface area contributed by atoms with Crippen LogP contribution in [0.2, 0.25) is 0 Å². The molecule has 0 saturated carbocycles. The van der Waals surface area contributed by atoms with Gasteiger partial charge in [-0.25, -0.2) is 22.0 Å². The Morgan fingerprint density at radius 2 is 1.75 bits per heavy atom. The third kappa shape index (κ3) is 5.74. The Labute approximate surface area is 187 Å². The van der Waals surface area contributed by atoms with E-state index in [2.05, 4.69) is 17.1 Å². The Morgan fingerprint density at radius 3 is 2.41 bits per heavy atom. The lowest BCUT2D eigenvalue weighted by Crippen LogP contribution is -2.53. The number of urea groups is 1. The van der Waals surface area contributed by atoms with Crippen LogP contribution in [0.5, 0.6) is 0 Å². The van der Waals surface area contributed by atoms with Gasteiger partial charge in [0.1, 0.15) is 16.5 Å². The van der Waals surface area contributed by atoms with E-state index in [0.717, 1.165) is 41.6 Å². The molecule has 0 atom stereocenters. The molecule has 2 aromatic carbocycles. The van der Waals surface area contributed by atoms with Crippen LogP contribution in [0.15, 0.2) is 53.4 Å². The zero-order valence-electron chi connectivity index (χ0n) is 18.0. The highest BCUT2D eigenvalue weighted by molar-refractivity contribution is 7.89. The summed E-state index contributed by atoms with van der Waals surface area (Å²) < 4.78 is 53.7. The predicted octanol–water partition coefficient (Wildman–Crippen LogP) is 2.90. The van der Waals surface area contributed by atoms with Gasteiger partial charge in [0.15, 0.2) is 0 Å². The van der Waals surface area contributed by atoms with Gasteiger partial charge < -0.3 is 15.1 Å². The molecule has 0 radical (unpaired) electrons. The van der Waals surface area contributed by atoms with Gasteiger partial charge in [0, 0.05) is 51.5 Å². The van der Waals surface area contributed by atoms with E-state index in [9.17, 15) is 22.0 Å². The first-order valence-corrected chi connectivity index (χ1v) is 12.0. The van der Waals surface area contributed by atoms with Crippen LogP contribution in [0.4, 0.5) is 19.3 Å². The van der Waals surface area contributed by atoms with Crippen molar-refractivity contribution in [2.45, 2.75) is 18.2 Å². The van der Waals surface area contributed by atoms with E-state index in [1.807, 2.05) is 30.3 Å². The second-order valence-corrected chi connectivity index (χ2v) is 9.37. The van der Waals surface area contributed by atoms with Crippen LogP contribution < -0.4 is 10.2 Å². The molecule has 0 aromatic heterocycles. The molecule has 1 aliphatic heterocycles. The van der Waals surface area contributed by atoms with Gasteiger partial charge in [0.05, 0.1) is 0 Å². The third-order valence-corrected chi connectivity index (χ3v) is 7.33. The largest absolute Gasteiger partial charge is 0.372 e. The highest BCUT2D eigenvalue weighted by atomic mass is 32.2. The molecular weight excluding hydrogens is 438 g/mol. The zero-order valence-corrected chi connectivity index (χ0v) is 18.8. The minimum Gasteiger partial charge on any atom is -0.372 e. The van der Waals surface area contributed by atoms with Gasteiger partial charge in [-0.1, -0.05) is 18.2 Å². The van der Waals surface area contributed by atoms with Gasteiger partial charge in [-0.05, 0) is 43.7 Å². The van der Waals surface area contributed by atoms with Crippen LogP contribution in [0, 0.1) is 11.6 Å². The fourth-order valence-electron chi connectivity index (χ4n) is 3.63. The maximum Gasteiger partial charge on any atom is 0.317 e. The number of sulfonamides is 1. The molecule has 1 fully saturated rings. The molecule has 0 unspecified atom stereocenters. The predicted molar refractivity (Wildman–Crippen MR) is 119 cm³/mol. The Hall–Kier alpha value is -2.72. The monoisotopic (exact) mass is 466 g/mol. The van der Waals surface area contributed by atoms with Gasteiger partial charge in [0.2, 0.25) is 10.0 Å². The van der Waals surface area contributed by atoms with Gasteiger partial charge in [0.25, 0.3) is 0 Å². The molecule has 1 N–H and O–H groups in total. The van der Waals surface area contributed by atoms with Crippen molar-refractivity contribution in [1.29, 1.82) is 0 Å². The molecular formula is C22H28F2N4O3S. The summed E-state index contributed by atoms with van der Waals surface area (Å²) in [6.07, 6.45) is 0.766. The summed E-state index contributed by atoms with van der Waals surface area (Å²) in [6.45, 7) is 4.61. The number of halogens is 2. The molecule has 2 aromatic rings. The molecule has 2 amide bonds. The Morgan fingerprint density at radius 1 is 1.06 bits per heavy atom. The molecule has 0 aliphatic carbocycles. The summed E-state index contributed by atoms with van der Waals surface area (Å²) in [5.74, 6) is -1.82. The third-order valence-electron chi connectivity index (χ3n) is 5.42. The van der Waals surface area contributed by atoms with Crippen LogP contribution in [0.1, 0.15) is 13.3 Å². The van der Waals surface area contributed by atoms with Crippen molar-refractivity contribution in [3.05, 3.63) is 60.2 Å². The van der Waals surface area contributed by atoms with E-state index in [0.29, 0.717) is 12.6 Å². The molecule has 0 spiro atoms. The second kappa shape index (κ2) is 10.7. The van der Waals surface area contributed by atoms with Crippen LogP contribution in [-0.2, 0) is 10.0 Å². The lowest BCUT2D eigenvalue weighted by atomic mass is 10.2. The molecule has 7 nitrogen and oxygen atoms in total. The van der Waals surface area contributed by atoms with E-state index >= 15 is 0 Å². The number of carbonyl (C=O) groups is 1. The molecule has 1 aliphatic rings. The molecule has 1 heterocycles. The number of benzene rings is 2. The average Bonchev–Trinajstić information content (AvgIpc) is 2.81. The van der Waals surface area contributed by atoms with Crippen molar-refractivity contribution in [1.82, 2.24) is 14.5 Å². The minimum atomic E-state index is -4.17. The molecule has 32 heavy (non-hydrogen) atoms. The van der Waals surface area contributed by atoms with Gasteiger partial charge >= 0.3 is 6.03 Å². The Balaban J connectivity index is 1.46. The highest BCUT2D eigenvalue weighted by Gasteiger charge is 2.32. The summed E-state index contributed by atoms with van der Waals surface area (Å²) in [6, 6.07) is 12.1. The van der Waals surface area contributed by atoms with Crippen molar-refractivity contribution in [2.24, 2.45) is 0 Å². The summed E-state index contributed by atoms with van der Waals surface area (Å²) in [7, 11) is -4.17. The summed E-state index contributed by atoms with van der Waals surface area (Å²) in [5, 5.41) is 2.87. The van der Waals surface area contributed by atoms with Crippen molar-refractivity contribution in [3.8, 4) is 0 Å². The standard InChI is InChI=1S/C22H28F2N4O3S/c1-2-26(19-7-4-3-5-8-19)12-6-11-25-22(29)27-13-15-28(16-14-27)32(30,31)21-17-18(23)9-10-20(21)24/h3-5,7-10,17H,2,6,11-16H2,1H3,(H,25,29). The van der Waals surface area contributed by atoms with Crippen LogP contribution in [-0.4, -0.2) is 69.5 Å². The number of hydrogen-bond donors (Lipinski definition) is 1. The zero-order chi connectivity index (χ0) is 23.1. The lowest BCUT2D eigenvalue weighted by Gasteiger charge is -2.34. The fourth-order valence-corrected chi connectivity index (χ4v) is 5.13. The number of para-hydroxylation sites is 1. The molecule has 10 heteroatoms. The quantitative estimate of drug-likeness (QED) is 0.608. The SMILES string of the molecule is CCN(CCCNC(=O)N1CCN(S(=O)(=O)c2cc(F)ccc2F)CC1)c1ccccc1. The first-order chi connectivity index (χ1) is 15.3. The number of hydrogen-bond acceptors (Lipinski definition) is 4. The Kier molecular flexibility index (Phi) is 8.03. The minimum absolute atomic E-state index is 0.0172. The highest BCUT2D eigenvalue weighted by Crippen LogP contribution is 2.21. The summed E-state index contributed by atoms with van der Waals surface area (Å²) in [4.78, 5) is 15.5. The smallest absolute Gasteiger partial charge is 0.317 e. The van der Waals surface area contributed by atoms with Crippen molar-refractivity contribution >= 4 is 21.7 Å². The first-order valence-electron chi connectivity index (χ1n) is 10.6. The van der Waals surface area contributed by atoms with Crippen molar-refractivity contribution in [3.63, 3.8) is 0 Å². The second-order valence-electron chi connectivity index (χ2n) is 7.47. The molecule has 3 rings (SSSR count). The molecule has 174 valence electrons. The molecule has 0 bridgehead atoms. The average molecular weight is 467 g/mol. The van der Waals surface area contributed by atoms with Crippen LogP contribution >= 0.6 is 0 Å². The van der Waals surface area contributed by atoms with E-state index < -0.39 is 26.6 Å². The summed E-state index contributed by atoms with van der Waals surface area (Å²) in [5.41, 5.74) is 1.13. The summed E-state index contributed by atoms with van der Waals surface area (Å²) >= 11 is 0. The number of amides is 2. The maximum absolute atomic E-state index is 13.9. The van der Waals surface area contributed by atoms with E-state index in [1.165, 1.54) is 4.90 Å². The van der Waals surface area contributed by atoms with Crippen LogP contribution in [0.3, 0.4) is 0 Å². The van der Waals surface area contributed by atoms with Crippen LogP contribution in [0.25, 0.3) is 0 Å². The lowest BCUT2D eigenvalue weighted by molar-refractivity contribution is 0.172. The number of carbonyl (C=O) groups excluding carboxylic acids is 1. The number of nitrogens with one attached hydrogen (secondary N) is 1. The van der Waals surface area contributed by atoms with Gasteiger partial charge in [-0.2, -0.15) is 4.31 Å².